The second-order valence-electron chi connectivity index (χ2n) is 6.46. The normalized spacial score (nSPS) is 15.4. The van der Waals surface area contributed by atoms with E-state index < -0.39 is 11.6 Å². The van der Waals surface area contributed by atoms with E-state index in [0.717, 1.165) is 13.1 Å². The Balaban J connectivity index is 1.67. The van der Waals surface area contributed by atoms with Gasteiger partial charge in [0.25, 0.3) is 0 Å². The summed E-state index contributed by atoms with van der Waals surface area (Å²) in [4.78, 5) is 6.31. The molecule has 3 heterocycles. The van der Waals surface area contributed by atoms with Gasteiger partial charge >= 0.3 is 0 Å². The number of fused-ring (bicyclic) bond motifs is 1. The van der Waals surface area contributed by atoms with Crippen LogP contribution in [0.1, 0.15) is 5.56 Å². The summed E-state index contributed by atoms with van der Waals surface area (Å²) in [6, 6.07) is 8.47. The minimum Gasteiger partial charge on any atom is -0.356 e. The van der Waals surface area contributed by atoms with E-state index in [1.54, 1.807) is 29.8 Å². The molecule has 1 saturated heterocycles. The van der Waals surface area contributed by atoms with Crippen molar-refractivity contribution in [3.8, 4) is 11.3 Å². The quantitative estimate of drug-likeness (QED) is 0.732. The molecule has 6 nitrogen and oxygen atoms in total. The monoisotopic (exact) mass is 358 g/mol. The number of likely N-dealkylation sites (tertiary alicyclic amines) is 1. The fourth-order valence-corrected chi connectivity index (χ4v) is 3.24. The van der Waals surface area contributed by atoms with Gasteiger partial charge in [-0.25, -0.2) is 13.3 Å². The van der Waals surface area contributed by atoms with Crippen molar-refractivity contribution in [2.75, 3.05) is 32.5 Å². The molecule has 0 amide bonds. The maximum atomic E-state index is 14.6. The Morgan fingerprint density at radius 3 is 2.54 bits per heavy atom. The summed E-state index contributed by atoms with van der Waals surface area (Å²) < 4.78 is 30.8. The van der Waals surface area contributed by atoms with Gasteiger partial charge in [-0.3, -0.25) is 4.90 Å². The van der Waals surface area contributed by atoms with Crippen molar-refractivity contribution >= 4 is 11.6 Å². The van der Waals surface area contributed by atoms with Crippen LogP contribution < -0.4 is 10.6 Å². The molecular formula is C18H20F2N6. The molecule has 0 unspecified atom stereocenters. The lowest BCUT2D eigenvalue weighted by Crippen LogP contribution is -2.56. The molecule has 2 aromatic heterocycles. The number of nitrogens with zero attached hydrogens (tertiary/aromatic N) is 4. The topological polar surface area (TPSA) is 57.5 Å². The van der Waals surface area contributed by atoms with Crippen molar-refractivity contribution in [1.29, 1.82) is 0 Å². The number of hydrogen-bond acceptors (Lipinski definition) is 5. The highest BCUT2D eigenvalue weighted by Crippen LogP contribution is 2.27. The molecule has 26 heavy (non-hydrogen) atoms. The summed E-state index contributed by atoms with van der Waals surface area (Å²) in [5.74, 6) is -0.635. The van der Waals surface area contributed by atoms with Gasteiger partial charge in [-0.2, -0.15) is 4.98 Å². The number of likely N-dealkylation sites (N-methyl/N-ethyl adjacent to an activating group) is 1. The van der Waals surface area contributed by atoms with Gasteiger partial charge in [0, 0.05) is 43.9 Å². The first-order valence-electron chi connectivity index (χ1n) is 8.50. The van der Waals surface area contributed by atoms with Crippen molar-refractivity contribution in [2.45, 2.75) is 12.6 Å². The minimum atomic E-state index is -0.543. The van der Waals surface area contributed by atoms with E-state index >= 15 is 0 Å². The standard InChI is InChI=1S/C18H20F2N6/c1-21-12-8-25(9-12)10-13-14(19)6-11(7-15(13)20)16-4-3-5-17-23-18(22-2)24-26(16)17/h3-7,12,21H,8-10H2,1-2H3,(H,22,24). The second-order valence-corrected chi connectivity index (χ2v) is 6.46. The Morgan fingerprint density at radius 2 is 1.88 bits per heavy atom. The molecule has 3 aromatic rings. The molecule has 0 aliphatic carbocycles. The van der Waals surface area contributed by atoms with Crippen LogP contribution in [0.4, 0.5) is 14.7 Å². The molecule has 136 valence electrons. The number of hydrogen-bond donors (Lipinski definition) is 2. The molecule has 0 saturated carbocycles. The molecule has 8 heteroatoms. The summed E-state index contributed by atoms with van der Waals surface area (Å²) in [5.41, 5.74) is 1.72. The summed E-state index contributed by atoms with van der Waals surface area (Å²) in [6.07, 6.45) is 0. The maximum absolute atomic E-state index is 14.6. The average molecular weight is 358 g/mol. The van der Waals surface area contributed by atoms with Crippen LogP contribution in [0.2, 0.25) is 0 Å². The van der Waals surface area contributed by atoms with Gasteiger partial charge in [0.2, 0.25) is 5.95 Å². The highest BCUT2D eigenvalue weighted by atomic mass is 19.1. The van der Waals surface area contributed by atoms with E-state index in [-0.39, 0.29) is 12.1 Å². The van der Waals surface area contributed by atoms with Crippen LogP contribution in [0, 0.1) is 11.6 Å². The van der Waals surface area contributed by atoms with Crippen molar-refractivity contribution in [1.82, 2.24) is 24.8 Å². The lowest BCUT2D eigenvalue weighted by atomic mass is 10.0. The van der Waals surface area contributed by atoms with Crippen molar-refractivity contribution in [3.05, 3.63) is 47.5 Å². The van der Waals surface area contributed by atoms with Crippen LogP contribution in [0.15, 0.2) is 30.3 Å². The van der Waals surface area contributed by atoms with Crippen LogP contribution in [-0.2, 0) is 6.54 Å². The van der Waals surface area contributed by atoms with E-state index in [4.69, 9.17) is 0 Å². The van der Waals surface area contributed by atoms with Gasteiger partial charge in [0.05, 0.1) is 5.69 Å². The van der Waals surface area contributed by atoms with Gasteiger partial charge in [0.15, 0.2) is 5.65 Å². The van der Waals surface area contributed by atoms with E-state index in [0.29, 0.717) is 28.9 Å². The van der Waals surface area contributed by atoms with E-state index in [9.17, 15) is 8.78 Å². The smallest absolute Gasteiger partial charge is 0.242 e. The molecule has 1 aliphatic rings. The van der Waals surface area contributed by atoms with Crippen LogP contribution in [0.3, 0.4) is 0 Å². The Labute approximate surface area is 149 Å². The Morgan fingerprint density at radius 1 is 1.15 bits per heavy atom. The van der Waals surface area contributed by atoms with Crippen LogP contribution in [-0.4, -0.2) is 52.7 Å². The molecule has 0 spiro atoms. The van der Waals surface area contributed by atoms with Crippen LogP contribution >= 0.6 is 0 Å². The lowest BCUT2D eigenvalue weighted by Gasteiger charge is -2.39. The van der Waals surface area contributed by atoms with Gasteiger partial charge in [-0.1, -0.05) is 6.07 Å². The molecular weight excluding hydrogens is 338 g/mol. The van der Waals surface area contributed by atoms with E-state index in [1.165, 1.54) is 12.1 Å². The van der Waals surface area contributed by atoms with Gasteiger partial charge < -0.3 is 10.6 Å². The Bertz CT molecular complexity index is 925. The molecule has 0 radical (unpaired) electrons. The summed E-state index contributed by atoms with van der Waals surface area (Å²) in [5, 5.41) is 10.3. The zero-order valence-electron chi connectivity index (χ0n) is 14.6. The predicted octanol–water partition coefficient (Wildman–Crippen LogP) is 2.12. The van der Waals surface area contributed by atoms with E-state index in [1.807, 2.05) is 11.9 Å². The SMILES string of the molecule is CNc1nc2cccc(-c3cc(F)c(CN4CC(NC)C4)c(F)c3)n2n1. The van der Waals surface area contributed by atoms with E-state index in [2.05, 4.69) is 20.7 Å². The van der Waals surface area contributed by atoms with Gasteiger partial charge in [0.1, 0.15) is 11.6 Å². The molecule has 1 aliphatic heterocycles. The zero-order chi connectivity index (χ0) is 18.3. The third-order valence-corrected chi connectivity index (χ3v) is 4.77. The van der Waals surface area contributed by atoms with Gasteiger partial charge in [-0.05, 0) is 31.3 Å². The fourth-order valence-electron chi connectivity index (χ4n) is 3.24. The van der Waals surface area contributed by atoms with Crippen molar-refractivity contribution in [3.63, 3.8) is 0 Å². The lowest BCUT2D eigenvalue weighted by molar-refractivity contribution is 0.120. The number of benzene rings is 1. The molecule has 0 atom stereocenters. The minimum absolute atomic E-state index is 0.102. The molecule has 2 N–H and O–H groups in total. The number of halogens is 2. The Kier molecular flexibility index (Phi) is 4.29. The van der Waals surface area contributed by atoms with Crippen molar-refractivity contribution < 1.29 is 8.78 Å². The molecule has 4 rings (SSSR count). The first-order valence-corrected chi connectivity index (χ1v) is 8.50. The highest BCUT2D eigenvalue weighted by molar-refractivity contribution is 5.64. The molecule has 1 aromatic carbocycles. The second kappa shape index (κ2) is 6.62. The average Bonchev–Trinajstić information content (AvgIpc) is 3.02. The summed E-state index contributed by atoms with van der Waals surface area (Å²) in [6.45, 7) is 1.86. The zero-order valence-corrected chi connectivity index (χ0v) is 14.6. The van der Waals surface area contributed by atoms with Crippen molar-refractivity contribution in [2.24, 2.45) is 0 Å². The Hall–Kier alpha value is -2.58. The third kappa shape index (κ3) is 2.91. The first kappa shape index (κ1) is 16.9. The predicted molar refractivity (Wildman–Crippen MR) is 96.0 cm³/mol. The maximum Gasteiger partial charge on any atom is 0.242 e. The van der Waals surface area contributed by atoms with Gasteiger partial charge in [-0.15, -0.1) is 5.10 Å². The first-order chi connectivity index (χ1) is 12.6. The number of pyridine rings is 1. The number of nitrogens with one attached hydrogen (secondary N) is 2. The third-order valence-electron chi connectivity index (χ3n) is 4.77. The molecule has 0 bridgehead atoms. The highest BCUT2D eigenvalue weighted by Gasteiger charge is 2.27. The van der Waals surface area contributed by atoms with Crippen LogP contribution in [0.5, 0.6) is 0 Å². The summed E-state index contributed by atoms with van der Waals surface area (Å²) in [7, 11) is 3.61. The number of rotatable bonds is 5. The summed E-state index contributed by atoms with van der Waals surface area (Å²) >= 11 is 0. The largest absolute Gasteiger partial charge is 0.356 e. The molecule has 1 fully saturated rings. The number of anilines is 1. The fraction of sp³-hybridized carbons (Fsp3) is 0.333. The number of aromatic nitrogens is 3. The van der Waals surface area contributed by atoms with Crippen LogP contribution in [0.25, 0.3) is 16.9 Å².